The molecular weight excluding hydrogens is 252 g/mol. The molecule has 2 atom stereocenters. The lowest BCUT2D eigenvalue weighted by Gasteiger charge is -2.17. The van der Waals surface area contributed by atoms with Crippen molar-refractivity contribution in [2.75, 3.05) is 12.3 Å². The molecule has 2 unspecified atom stereocenters. The molecule has 2 aromatic heterocycles. The number of hydrogen-bond donors (Lipinski definition) is 5. The average molecular weight is 266 g/mol. The van der Waals surface area contributed by atoms with Gasteiger partial charge in [0.2, 0.25) is 5.91 Å². The molecule has 0 aliphatic carbocycles. The van der Waals surface area contributed by atoms with Crippen molar-refractivity contribution in [3.63, 3.8) is 0 Å². The molecule has 0 bridgehead atoms. The van der Waals surface area contributed by atoms with Gasteiger partial charge in [0.05, 0.1) is 11.1 Å². The Labute approximate surface area is 107 Å². The molecule has 2 aromatic rings. The van der Waals surface area contributed by atoms with E-state index in [0.29, 0.717) is 11.0 Å². The van der Waals surface area contributed by atoms with Crippen molar-refractivity contribution in [2.24, 2.45) is 0 Å². The van der Waals surface area contributed by atoms with Crippen LogP contribution in [0.1, 0.15) is 18.7 Å². The summed E-state index contributed by atoms with van der Waals surface area (Å²) < 4.78 is 0. The molecule has 0 saturated carbocycles. The minimum absolute atomic E-state index is 0.0926. The number of hydrogen-bond acceptors (Lipinski definition) is 7. The van der Waals surface area contributed by atoms with Gasteiger partial charge in [-0.25, -0.2) is 9.97 Å². The number of nitrogens with zero attached hydrogens (tertiary/aromatic N) is 3. The minimum atomic E-state index is -1.29. The summed E-state index contributed by atoms with van der Waals surface area (Å²) in [6.45, 7) is 1.22. The number of nitrogens with one attached hydrogen (secondary N) is 2. The maximum Gasteiger partial charge on any atom is 0.216 e. The van der Waals surface area contributed by atoms with Gasteiger partial charge < -0.3 is 21.3 Å². The Hall–Kier alpha value is -2.26. The van der Waals surface area contributed by atoms with Crippen LogP contribution in [0.5, 0.6) is 0 Å². The first-order chi connectivity index (χ1) is 9.00. The van der Waals surface area contributed by atoms with Crippen LogP contribution < -0.4 is 11.1 Å². The molecule has 2 rings (SSSR count). The SMILES string of the molecule is CC(=O)NCC(O)C(O)c1[nH]nc2ncnc(N)c12. The van der Waals surface area contributed by atoms with Gasteiger partial charge in [-0.15, -0.1) is 0 Å². The number of anilines is 1. The monoisotopic (exact) mass is 266 g/mol. The van der Waals surface area contributed by atoms with Crippen molar-refractivity contribution in [1.29, 1.82) is 0 Å². The summed E-state index contributed by atoms with van der Waals surface area (Å²) in [4.78, 5) is 18.4. The van der Waals surface area contributed by atoms with Crippen LogP contribution in [0.3, 0.4) is 0 Å². The molecule has 6 N–H and O–H groups in total. The number of nitrogen functional groups attached to an aromatic ring is 1. The fourth-order valence-corrected chi connectivity index (χ4v) is 1.67. The van der Waals surface area contributed by atoms with Gasteiger partial charge in [-0.3, -0.25) is 9.89 Å². The fraction of sp³-hybridized carbons (Fsp3) is 0.400. The molecule has 0 spiro atoms. The quantitative estimate of drug-likeness (QED) is 0.450. The summed E-state index contributed by atoms with van der Waals surface area (Å²) in [5.41, 5.74) is 6.20. The second-order valence-electron chi connectivity index (χ2n) is 4.04. The predicted molar refractivity (Wildman–Crippen MR) is 65.7 cm³/mol. The molecule has 0 fully saturated rings. The smallest absolute Gasteiger partial charge is 0.216 e. The molecule has 0 aliphatic rings. The van der Waals surface area contributed by atoms with Crippen molar-refractivity contribution in [2.45, 2.75) is 19.1 Å². The zero-order valence-corrected chi connectivity index (χ0v) is 10.2. The molecule has 0 saturated heterocycles. The number of amides is 1. The average Bonchev–Trinajstić information content (AvgIpc) is 2.80. The third kappa shape index (κ3) is 2.61. The van der Waals surface area contributed by atoms with E-state index in [2.05, 4.69) is 25.5 Å². The van der Waals surface area contributed by atoms with Crippen LogP contribution in [0, 0.1) is 0 Å². The van der Waals surface area contributed by atoms with Crippen LogP contribution >= 0.6 is 0 Å². The second kappa shape index (κ2) is 5.16. The standard InChI is InChI=1S/C10H14N6O3/c1-4(17)12-2-5(18)8(19)7-6-9(11)13-3-14-10(6)16-15-7/h3,5,8,18-19H,2H2,1H3,(H,12,17)(H3,11,13,14,15,16). The summed E-state index contributed by atoms with van der Waals surface area (Å²) in [6.07, 6.45) is -1.24. The van der Waals surface area contributed by atoms with Crippen LogP contribution in [0.15, 0.2) is 6.33 Å². The number of aromatic nitrogens is 4. The van der Waals surface area contributed by atoms with E-state index >= 15 is 0 Å². The zero-order valence-electron chi connectivity index (χ0n) is 10.2. The number of rotatable bonds is 4. The highest BCUT2D eigenvalue weighted by Gasteiger charge is 2.24. The van der Waals surface area contributed by atoms with Crippen LogP contribution in [0.25, 0.3) is 11.0 Å². The normalized spacial score (nSPS) is 14.3. The van der Waals surface area contributed by atoms with Crippen molar-refractivity contribution in [3.05, 3.63) is 12.0 Å². The largest absolute Gasteiger partial charge is 0.388 e. The Balaban J connectivity index is 2.26. The Morgan fingerprint density at radius 2 is 2.26 bits per heavy atom. The van der Waals surface area contributed by atoms with E-state index < -0.39 is 12.2 Å². The van der Waals surface area contributed by atoms with Crippen LogP contribution in [0.2, 0.25) is 0 Å². The number of aromatic amines is 1. The van der Waals surface area contributed by atoms with Crippen molar-refractivity contribution >= 4 is 22.8 Å². The molecule has 9 heteroatoms. The molecule has 19 heavy (non-hydrogen) atoms. The molecule has 9 nitrogen and oxygen atoms in total. The van der Waals surface area contributed by atoms with E-state index in [1.54, 1.807) is 0 Å². The first-order valence-corrected chi connectivity index (χ1v) is 5.55. The number of aliphatic hydroxyl groups is 2. The molecule has 0 aromatic carbocycles. The van der Waals surface area contributed by atoms with Gasteiger partial charge in [-0.05, 0) is 0 Å². The van der Waals surface area contributed by atoms with Crippen LogP contribution in [-0.4, -0.2) is 48.9 Å². The summed E-state index contributed by atoms with van der Waals surface area (Å²) in [5.74, 6) is -0.150. The van der Waals surface area contributed by atoms with Crippen molar-refractivity contribution in [1.82, 2.24) is 25.5 Å². The van der Waals surface area contributed by atoms with E-state index in [0.717, 1.165) is 0 Å². The lowest BCUT2D eigenvalue weighted by Crippen LogP contribution is -2.34. The Morgan fingerprint density at radius 1 is 1.53 bits per heavy atom. The molecule has 2 heterocycles. The van der Waals surface area contributed by atoms with Gasteiger partial charge in [0.15, 0.2) is 5.65 Å². The van der Waals surface area contributed by atoms with E-state index in [1.165, 1.54) is 13.3 Å². The maximum atomic E-state index is 10.8. The van der Waals surface area contributed by atoms with Gasteiger partial charge in [-0.2, -0.15) is 5.10 Å². The Bertz CT molecular complexity index is 598. The van der Waals surface area contributed by atoms with Crippen LogP contribution in [0.4, 0.5) is 5.82 Å². The third-order valence-electron chi connectivity index (χ3n) is 2.63. The molecule has 0 aliphatic heterocycles. The highest BCUT2D eigenvalue weighted by molar-refractivity contribution is 5.87. The lowest BCUT2D eigenvalue weighted by atomic mass is 10.1. The van der Waals surface area contributed by atoms with Gasteiger partial charge in [0.25, 0.3) is 0 Å². The fourth-order valence-electron chi connectivity index (χ4n) is 1.67. The van der Waals surface area contributed by atoms with E-state index in [1.807, 2.05) is 0 Å². The van der Waals surface area contributed by atoms with E-state index in [9.17, 15) is 15.0 Å². The predicted octanol–water partition coefficient (Wildman–Crippen LogP) is -1.53. The van der Waals surface area contributed by atoms with Gasteiger partial charge >= 0.3 is 0 Å². The third-order valence-corrected chi connectivity index (χ3v) is 2.63. The summed E-state index contributed by atoms with van der Waals surface area (Å²) in [6, 6.07) is 0. The summed E-state index contributed by atoms with van der Waals surface area (Å²) >= 11 is 0. The number of nitrogens with two attached hydrogens (primary N) is 1. The zero-order chi connectivity index (χ0) is 14.0. The maximum absolute atomic E-state index is 10.8. The second-order valence-corrected chi connectivity index (χ2v) is 4.04. The van der Waals surface area contributed by atoms with Gasteiger partial charge in [0, 0.05) is 13.5 Å². The number of carbonyl (C=O) groups is 1. The number of H-pyrrole nitrogens is 1. The minimum Gasteiger partial charge on any atom is -0.388 e. The Kier molecular flexibility index (Phi) is 3.58. The van der Waals surface area contributed by atoms with Gasteiger partial charge in [0.1, 0.15) is 24.4 Å². The van der Waals surface area contributed by atoms with Crippen molar-refractivity contribution in [3.8, 4) is 0 Å². The highest BCUT2D eigenvalue weighted by Crippen LogP contribution is 2.25. The Morgan fingerprint density at radius 3 is 2.95 bits per heavy atom. The lowest BCUT2D eigenvalue weighted by molar-refractivity contribution is -0.119. The van der Waals surface area contributed by atoms with E-state index in [-0.39, 0.29) is 24.0 Å². The molecule has 0 radical (unpaired) electrons. The van der Waals surface area contributed by atoms with Crippen LogP contribution in [-0.2, 0) is 4.79 Å². The first-order valence-electron chi connectivity index (χ1n) is 5.55. The highest BCUT2D eigenvalue weighted by atomic mass is 16.3. The molecular formula is C10H14N6O3. The first kappa shape index (κ1) is 13.2. The summed E-state index contributed by atoms with van der Waals surface area (Å²) in [5, 5.41) is 29.0. The molecule has 102 valence electrons. The topological polar surface area (TPSA) is 150 Å². The van der Waals surface area contributed by atoms with E-state index in [4.69, 9.17) is 5.73 Å². The summed E-state index contributed by atoms with van der Waals surface area (Å²) in [7, 11) is 0. The number of aliphatic hydroxyl groups excluding tert-OH is 2. The van der Waals surface area contributed by atoms with Gasteiger partial charge in [-0.1, -0.05) is 0 Å². The number of fused-ring (bicyclic) bond motifs is 1. The van der Waals surface area contributed by atoms with Crippen molar-refractivity contribution < 1.29 is 15.0 Å². The molecule has 1 amide bonds. The number of carbonyl (C=O) groups excluding carboxylic acids is 1.